The van der Waals surface area contributed by atoms with E-state index in [0.717, 1.165) is 12.1 Å². The zero-order valence-corrected chi connectivity index (χ0v) is 12.3. The van der Waals surface area contributed by atoms with Gasteiger partial charge in [0.25, 0.3) is 0 Å². The van der Waals surface area contributed by atoms with Gasteiger partial charge in [-0.15, -0.1) is 0 Å². The SMILES string of the molecule is CC1CNCC(C)N1S(=O)(=O)c1ccc(F)c(Cl)c1. The summed E-state index contributed by atoms with van der Waals surface area (Å²) in [5.74, 6) is -0.623. The van der Waals surface area contributed by atoms with Crippen LogP contribution < -0.4 is 5.32 Å². The molecule has 1 aliphatic rings. The molecule has 0 bridgehead atoms. The summed E-state index contributed by atoms with van der Waals surface area (Å²) < 4.78 is 39.8. The molecule has 2 unspecified atom stereocenters. The molecule has 0 amide bonds. The van der Waals surface area contributed by atoms with Gasteiger partial charge in [0, 0.05) is 25.2 Å². The fourth-order valence-electron chi connectivity index (χ4n) is 2.35. The Hall–Kier alpha value is -0.690. The fraction of sp³-hybridized carbons (Fsp3) is 0.500. The van der Waals surface area contributed by atoms with Crippen LogP contribution in [0.2, 0.25) is 5.02 Å². The van der Waals surface area contributed by atoms with Crippen molar-refractivity contribution in [3.63, 3.8) is 0 Å². The molecule has 1 fully saturated rings. The number of benzene rings is 1. The molecule has 19 heavy (non-hydrogen) atoms. The highest BCUT2D eigenvalue weighted by atomic mass is 35.5. The second-order valence-corrected chi connectivity index (χ2v) is 7.02. The van der Waals surface area contributed by atoms with Crippen molar-refractivity contribution in [2.45, 2.75) is 30.8 Å². The molecule has 0 saturated carbocycles. The molecular weight excluding hydrogens is 291 g/mol. The van der Waals surface area contributed by atoms with Gasteiger partial charge in [-0.2, -0.15) is 4.31 Å². The van der Waals surface area contributed by atoms with Crippen molar-refractivity contribution in [3.8, 4) is 0 Å². The van der Waals surface area contributed by atoms with Gasteiger partial charge in [-0.05, 0) is 32.0 Å². The van der Waals surface area contributed by atoms with Gasteiger partial charge in [-0.1, -0.05) is 11.6 Å². The summed E-state index contributed by atoms with van der Waals surface area (Å²) in [5.41, 5.74) is 0. The molecule has 0 radical (unpaired) electrons. The number of hydrogen-bond acceptors (Lipinski definition) is 3. The lowest BCUT2D eigenvalue weighted by Gasteiger charge is -2.38. The molecule has 1 saturated heterocycles. The predicted octanol–water partition coefficient (Wildman–Crippen LogP) is 1.85. The van der Waals surface area contributed by atoms with Crippen molar-refractivity contribution in [3.05, 3.63) is 29.0 Å². The largest absolute Gasteiger partial charge is 0.314 e. The van der Waals surface area contributed by atoms with Crippen molar-refractivity contribution in [2.75, 3.05) is 13.1 Å². The van der Waals surface area contributed by atoms with Gasteiger partial charge in [0.05, 0.1) is 9.92 Å². The van der Waals surface area contributed by atoms with Crippen LogP contribution in [0.15, 0.2) is 23.1 Å². The van der Waals surface area contributed by atoms with Crippen LogP contribution >= 0.6 is 11.6 Å². The van der Waals surface area contributed by atoms with E-state index >= 15 is 0 Å². The number of rotatable bonds is 2. The van der Waals surface area contributed by atoms with E-state index in [1.807, 2.05) is 13.8 Å². The van der Waals surface area contributed by atoms with Gasteiger partial charge in [-0.25, -0.2) is 12.8 Å². The number of nitrogens with zero attached hydrogens (tertiary/aromatic N) is 1. The molecule has 106 valence electrons. The zero-order chi connectivity index (χ0) is 14.2. The first kappa shape index (κ1) is 14.7. The van der Waals surface area contributed by atoms with Gasteiger partial charge in [0.1, 0.15) is 5.82 Å². The first-order valence-electron chi connectivity index (χ1n) is 6.03. The minimum atomic E-state index is -3.66. The smallest absolute Gasteiger partial charge is 0.243 e. The maximum Gasteiger partial charge on any atom is 0.243 e. The molecule has 0 spiro atoms. The van der Waals surface area contributed by atoms with Crippen LogP contribution in [0.4, 0.5) is 4.39 Å². The number of piperazine rings is 1. The van der Waals surface area contributed by atoms with Crippen LogP contribution in [0.5, 0.6) is 0 Å². The van der Waals surface area contributed by atoms with Crippen molar-refractivity contribution in [2.24, 2.45) is 0 Å². The first-order valence-corrected chi connectivity index (χ1v) is 7.85. The minimum Gasteiger partial charge on any atom is -0.314 e. The quantitative estimate of drug-likeness (QED) is 0.907. The maximum atomic E-state index is 13.1. The van der Waals surface area contributed by atoms with Crippen LogP contribution in [0.25, 0.3) is 0 Å². The molecule has 1 aromatic rings. The van der Waals surface area contributed by atoms with E-state index < -0.39 is 15.8 Å². The molecule has 7 heteroatoms. The highest BCUT2D eigenvalue weighted by Gasteiger charge is 2.35. The molecule has 2 atom stereocenters. The van der Waals surface area contributed by atoms with Crippen molar-refractivity contribution in [1.29, 1.82) is 0 Å². The first-order chi connectivity index (χ1) is 8.84. The van der Waals surface area contributed by atoms with Crippen LogP contribution in [-0.2, 0) is 10.0 Å². The molecule has 1 heterocycles. The summed E-state index contributed by atoms with van der Waals surface area (Å²) in [6.07, 6.45) is 0. The van der Waals surface area contributed by atoms with E-state index in [-0.39, 0.29) is 22.0 Å². The summed E-state index contributed by atoms with van der Waals surface area (Å²) in [7, 11) is -3.66. The van der Waals surface area contributed by atoms with Gasteiger partial charge in [0.15, 0.2) is 0 Å². The lowest BCUT2D eigenvalue weighted by Crippen LogP contribution is -2.57. The molecule has 2 rings (SSSR count). The third kappa shape index (κ3) is 2.76. The van der Waals surface area contributed by atoms with Crippen molar-refractivity contribution >= 4 is 21.6 Å². The van der Waals surface area contributed by atoms with Crippen LogP contribution in [-0.4, -0.2) is 37.9 Å². The normalized spacial score (nSPS) is 25.5. The third-order valence-corrected chi connectivity index (χ3v) is 5.63. The molecule has 0 aliphatic carbocycles. The predicted molar refractivity (Wildman–Crippen MR) is 72.2 cm³/mol. The Labute approximate surface area is 117 Å². The van der Waals surface area contributed by atoms with E-state index in [1.165, 1.54) is 10.4 Å². The number of nitrogens with one attached hydrogen (secondary N) is 1. The topological polar surface area (TPSA) is 49.4 Å². The Morgan fingerprint density at radius 1 is 1.32 bits per heavy atom. The fourth-order valence-corrected chi connectivity index (χ4v) is 4.44. The Morgan fingerprint density at radius 2 is 1.89 bits per heavy atom. The third-order valence-electron chi connectivity index (χ3n) is 3.21. The number of sulfonamides is 1. The maximum absolute atomic E-state index is 13.1. The van der Waals surface area contributed by atoms with Crippen LogP contribution in [0.3, 0.4) is 0 Å². The second-order valence-electron chi connectivity index (χ2n) is 4.77. The lowest BCUT2D eigenvalue weighted by molar-refractivity contribution is 0.220. The highest BCUT2D eigenvalue weighted by Crippen LogP contribution is 2.26. The standard InChI is InChI=1S/C12H16ClFN2O2S/c1-8-6-15-7-9(2)16(8)19(17,18)10-3-4-12(14)11(13)5-10/h3-5,8-9,15H,6-7H2,1-2H3. The van der Waals surface area contributed by atoms with E-state index in [1.54, 1.807) is 0 Å². The molecule has 0 aromatic heterocycles. The van der Waals surface area contributed by atoms with E-state index in [2.05, 4.69) is 5.32 Å². The van der Waals surface area contributed by atoms with Crippen LogP contribution in [0.1, 0.15) is 13.8 Å². The minimum absolute atomic E-state index is 0.0273. The van der Waals surface area contributed by atoms with Gasteiger partial charge in [-0.3, -0.25) is 0 Å². The average Bonchev–Trinajstić information content (AvgIpc) is 2.32. The number of hydrogen-bond donors (Lipinski definition) is 1. The Kier molecular flexibility index (Phi) is 4.15. The van der Waals surface area contributed by atoms with Gasteiger partial charge < -0.3 is 5.32 Å². The average molecular weight is 307 g/mol. The second kappa shape index (κ2) is 5.36. The van der Waals surface area contributed by atoms with Crippen LogP contribution in [0, 0.1) is 5.82 Å². The van der Waals surface area contributed by atoms with E-state index in [4.69, 9.17) is 11.6 Å². The zero-order valence-electron chi connectivity index (χ0n) is 10.7. The number of halogens is 2. The summed E-state index contributed by atoms with van der Waals surface area (Å²) in [6.45, 7) is 4.87. The highest BCUT2D eigenvalue weighted by molar-refractivity contribution is 7.89. The molecule has 4 nitrogen and oxygen atoms in total. The van der Waals surface area contributed by atoms with E-state index in [9.17, 15) is 12.8 Å². The monoisotopic (exact) mass is 306 g/mol. The Bertz CT molecular complexity index is 569. The van der Waals surface area contributed by atoms with E-state index in [0.29, 0.717) is 13.1 Å². The summed E-state index contributed by atoms with van der Waals surface area (Å²) in [6, 6.07) is 3.17. The van der Waals surface area contributed by atoms with Gasteiger partial charge >= 0.3 is 0 Å². The Balaban J connectivity index is 2.43. The van der Waals surface area contributed by atoms with Crippen molar-refractivity contribution < 1.29 is 12.8 Å². The molecule has 1 aliphatic heterocycles. The molecular formula is C12H16ClFN2O2S. The lowest BCUT2D eigenvalue weighted by atomic mass is 10.2. The molecule has 1 N–H and O–H groups in total. The summed E-state index contributed by atoms with van der Waals surface area (Å²) in [5, 5.41) is 2.98. The summed E-state index contributed by atoms with van der Waals surface area (Å²) in [4.78, 5) is 0.0273. The molecule has 1 aromatic carbocycles. The Morgan fingerprint density at radius 3 is 2.42 bits per heavy atom. The summed E-state index contributed by atoms with van der Waals surface area (Å²) >= 11 is 5.66. The van der Waals surface area contributed by atoms with Gasteiger partial charge in [0.2, 0.25) is 10.0 Å². The van der Waals surface area contributed by atoms with Crippen molar-refractivity contribution in [1.82, 2.24) is 9.62 Å².